The third-order valence-corrected chi connectivity index (χ3v) is 2.71. The number of carbonyl (C=O) groups is 1. The first-order valence-corrected chi connectivity index (χ1v) is 5.34. The summed E-state index contributed by atoms with van der Waals surface area (Å²) in [6.07, 6.45) is 0.485. The Kier molecular flexibility index (Phi) is 2.64. The summed E-state index contributed by atoms with van der Waals surface area (Å²) >= 11 is 0. The zero-order valence-corrected chi connectivity index (χ0v) is 9.74. The number of carbonyl (C=O) groups excluding carboxylic acids is 1. The number of benzene rings is 1. The molecular weight excluding hydrogens is 202 g/mol. The van der Waals surface area contributed by atoms with Crippen molar-refractivity contribution in [2.45, 2.75) is 20.3 Å². The van der Waals surface area contributed by atoms with Crippen molar-refractivity contribution in [3.63, 3.8) is 0 Å². The summed E-state index contributed by atoms with van der Waals surface area (Å²) in [5, 5.41) is 2.82. The molecule has 0 bridgehead atoms. The molecule has 0 atom stereocenters. The van der Waals surface area contributed by atoms with Crippen LogP contribution in [0.25, 0.3) is 11.0 Å². The lowest BCUT2D eigenvalue weighted by molar-refractivity contribution is -0.115. The SMILES string of the molecule is CCC(=O)Nc1ccc2c(c1)nc(C)n2C. The van der Waals surface area contributed by atoms with E-state index in [0.29, 0.717) is 6.42 Å². The average molecular weight is 217 g/mol. The highest BCUT2D eigenvalue weighted by atomic mass is 16.1. The Labute approximate surface area is 94.3 Å². The first-order chi connectivity index (χ1) is 7.61. The molecule has 1 heterocycles. The summed E-state index contributed by atoms with van der Waals surface area (Å²) in [7, 11) is 1.98. The standard InChI is InChI=1S/C12H15N3O/c1-4-12(16)14-9-5-6-11-10(7-9)13-8(2)15(11)3/h5-7H,4H2,1-3H3,(H,14,16). The molecule has 2 aromatic rings. The van der Waals surface area contributed by atoms with Crippen LogP contribution in [0.5, 0.6) is 0 Å². The number of nitrogens with one attached hydrogen (secondary N) is 1. The molecule has 4 nitrogen and oxygen atoms in total. The van der Waals surface area contributed by atoms with Crippen LogP contribution in [0, 0.1) is 6.92 Å². The Hall–Kier alpha value is -1.84. The molecule has 0 spiro atoms. The fraction of sp³-hybridized carbons (Fsp3) is 0.333. The van der Waals surface area contributed by atoms with Gasteiger partial charge in [0.1, 0.15) is 5.82 Å². The van der Waals surface area contributed by atoms with E-state index in [0.717, 1.165) is 22.5 Å². The molecule has 0 fully saturated rings. The van der Waals surface area contributed by atoms with E-state index in [4.69, 9.17) is 0 Å². The number of fused-ring (bicyclic) bond motifs is 1. The Morgan fingerprint density at radius 2 is 2.25 bits per heavy atom. The predicted molar refractivity (Wildman–Crippen MR) is 64.4 cm³/mol. The molecule has 0 radical (unpaired) electrons. The lowest BCUT2D eigenvalue weighted by Crippen LogP contribution is -2.09. The van der Waals surface area contributed by atoms with E-state index in [1.807, 2.05) is 43.7 Å². The summed E-state index contributed by atoms with van der Waals surface area (Å²) in [6.45, 7) is 3.79. The molecule has 0 unspecified atom stereocenters. The molecule has 1 amide bonds. The van der Waals surface area contributed by atoms with Crippen molar-refractivity contribution >= 4 is 22.6 Å². The number of hydrogen-bond donors (Lipinski definition) is 1. The minimum absolute atomic E-state index is 0.0204. The highest BCUT2D eigenvalue weighted by Crippen LogP contribution is 2.19. The van der Waals surface area contributed by atoms with Crippen LogP contribution in [-0.4, -0.2) is 15.5 Å². The van der Waals surface area contributed by atoms with Gasteiger partial charge in [-0.3, -0.25) is 4.79 Å². The van der Waals surface area contributed by atoms with E-state index >= 15 is 0 Å². The van der Waals surface area contributed by atoms with Crippen LogP contribution in [0.4, 0.5) is 5.69 Å². The Morgan fingerprint density at radius 1 is 1.50 bits per heavy atom. The number of imidazole rings is 1. The zero-order chi connectivity index (χ0) is 11.7. The van der Waals surface area contributed by atoms with E-state index in [2.05, 4.69) is 10.3 Å². The maximum absolute atomic E-state index is 11.3. The molecule has 0 aliphatic carbocycles. The zero-order valence-electron chi connectivity index (χ0n) is 9.74. The monoisotopic (exact) mass is 217 g/mol. The molecule has 0 saturated heterocycles. The second-order valence-corrected chi connectivity index (χ2v) is 3.82. The largest absolute Gasteiger partial charge is 0.331 e. The molecule has 1 aromatic carbocycles. The van der Waals surface area contributed by atoms with Crippen LogP contribution in [0.2, 0.25) is 0 Å². The van der Waals surface area contributed by atoms with E-state index in [-0.39, 0.29) is 5.91 Å². The molecule has 16 heavy (non-hydrogen) atoms. The van der Waals surface area contributed by atoms with Crippen molar-refractivity contribution in [1.29, 1.82) is 0 Å². The fourth-order valence-corrected chi connectivity index (χ4v) is 1.65. The molecule has 0 saturated carbocycles. The minimum Gasteiger partial charge on any atom is -0.331 e. The molecule has 0 aliphatic heterocycles. The van der Waals surface area contributed by atoms with Crippen LogP contribution < -0.4 is 5.32 Å². The van der Waals surface area contributed by atoms with E-state index in [9.17, 15) is 4.79 Å². The first kappa shape index (κ1) is 10.7. The van der Waals surface area contributed by atoms with Gasteiger partial charge in [0.15, 0.2) is 0 Å². The molecule has 1 aromatic heterocycles. The van der Waals surface area contributed by atoms with Crippen molar-refractivity contribution in [2.75, 3.05) is 5.32 Å². The predicted octanol–water partition coefficient (Wildman–Crippen LogP) is 2.23. The molecule has 1 N–H and O–H groups in total. The first-order valence-electron chi connectivity index (χ1n) is 5.34. The van der Waals surface area contributed by atoms with E-state index in [1.54, 1.807) is 0 Å². The smallest absolute Gasteiger partial charge is 0.224 e. The molecule has 4 heteroatoms. The van der Waals surface area contributed by atoms with Crippen LogP contribution in [-0.2, 0) is 11.8 Å². The highest BCUT2D eigenvalue weighted by Gasteiger charge is 2.05. The number of anilines is 1. The lowest BCUT2D eigenvalue weighted by atomic mass is 10.2. The van der Waals surface area contributed by atoms with Crippen molar-refractivity contribution < 1.29 is 4.79 Å². The Bertz CT molecular complexity index is 542. The van der Waals surface area contributed by atoms with Crippen LogP contribution in [0.15, 0.2) is 18.2 Å². The normalized spacial score (nSPS) is 10.7. The van der Waals surface area contributed by atoms with Crippen molar-refractivity contribution in [2.24, 2.45) is 7.05 Å². The van der Waals surface area contributed by atoms with Gasteiger partial charge < -0.3 is 9.88 Å². The quantitative estimate of drug-likeness (QED) is 0.838. The Morgan fingerprint density at radius 3 is 2.94 bits per heavy atom. The van der Waals surface area contributed by atoms with Gasteiger partial charge in [0.05, 0.1) is 11.0 Å². The van der Waals surface area contributed by atoms with Gasteiger partial charge in [-0.15, -0.1) is 0 Å². The van der Waals surface area contributed by atoms with Crippen LogP contribution >= 0.6 is 0 Å². The van der Waals surface area contributed by atoms with Crippen molar-refractivity contribution in [3.8, 4) is 0 Å². The number of hydrogen-bond acceptors (Lipinski definition) is 2. The summed E-state index contributed by atoms with van der Waals surface area (Å²) in [6, 6.07) is 5.77. The van der Waals surface area contributed by atoms with Gasteiger partial charge in [-0.1, -0.05) is 6.92 Å². The molecule has 0 aliphatic rings. The van der Waals surface area contributed by atoms with Gasteiger partial charge in [-0.25, -0.2) is 4.98 Å². The number of aryl methyl sites for hydroxylation is 2. The van der Waals surface area contributed by atoms with Gasteiger partial charge in [0.25, 0.3) is 0 Å². The van der Waals surface area contributed by atoms with E-state index < -0.39 is 0 Å². The van der Waals surface area contributed by atoms with Gasteiger partial charge >= 0.3 is 0 Å². The summed E-state index contributed by atoms with van der Waals surface area (Å²) in [5.41, 5.74) is 2.79. The maximum Gasteiger partial charge on any atom is 0.224 e. The highest BCUT2D eigenvalue weighted by molar-refractivity contribution is 5.92. The van der Waals surface area contributed by atoms with Crippen LogP contribution in [0.3, 0.4) is 0 Å². The van der Waals surface area contributed by atoms with Crippen LogP contribution in [0.1, 0.15) is 19.2 Å². The molecule has 84 valence electrons. The van der Waals surface area contributed by atoms with E-state index in [1.165, 1.54) is 0 Å². The average Bonchev–Trinajstić information content (AvgIpc) is 2.54. The second kappa shape index (κ2) is 3.96. The number of nitrogens with zero attached hydrogens (tertiary/aromatic N) is 2. The summed E-state index contributed by atoms with van der Waals surface area (Å²) in [4.78, 5) is 15.7. The molecule has 2 rings (SSSR count). The summed E-state index contributed by atoms with van der Waals surface area (Å²) < 4.78 is 2.03. The lowest BCUT2D eigenvalue weighted by Gasteiger charge is -2.03. The summed E-state index contributed by atoms with van der Waals surface area (Å²) in [5.74, 6) is 0.987. The van der Waals surface area contributed by atoms with Crippen molar-refractivity contribution in [3.05, 3.63) is 24.0 Å². The van der Waals surface area contributed by atoms with Gasteiger partial charge in [-0.05, 0) is 25.1 Å². The van der Waals surface area contributed by atoms with Crippen molar-refractivity contribution in [1.82, 2.24) is 9.55 Å². The number of rotatable bonds is 2. The fourth-order valence-electron chi connectivity index (χ4n) is 1.65. The number of amides is 1. The van der Waals surface area contributed by atoms with Gasteiger partial charge in [0, 0.05) is 19.2 Å². The third kappa shape index (κ3) is 1.78. The third-order valence-electron chi connectivity index (χ3n) is 2.71. The number of aromatic nitrogens is 2. The van der Waals surface area contributed by atoms with Gasteiger partial charge in [-0.2, -0.15) is 0 Å². The maximum atomic E-state index is 11.3. The minimum atomic E-state index is 0.0204. The topological polar surface area (TPSA) is 46.9 Å². The van der Waals surface area contributed by atoms with Gasteiger partial charge in [0.2, 0.25) is 5.91 Å². The Balaban J connectivity index is 2.41. The second-order valence-electron chi connectivity index (χ2n) is 3.82. The molecular formula is C12H15N3O.